The molecule has 0 amide bonds. The van der Waals surface area contributed by atoms with Gasteiger partial charge in [0.15, 0.2) is 0 Å². The van der Waals surface area contributed by atoms with E-state index in [0.29, 0.717) is 0 Å². The number of aryl methyl sites for hydroxylation is 6. The molecule has 4 heteroatoms. The molecule has 1 aliphatic rings. The van der Waals surface area contributed by atoms with Gasteiger partial charge in [-0.05, 0) is 25.7 Å². The first-order valence-electron chi connectivity index (χ1n) is 11.6. The Balaban J connectivity index is 0.000000524. The molecule has 0 atom stereocenters. The smallest absolute Gasteiger partial charge is 0.358 e. The minimum atomic E-state index is -0.762. The molecule has 0 N–H and O–H groups in total. The molecular weight excluding hydrogens is 628 g/mol. The quantitative estimate of drug-likeness (QED) is 0.190. The van der Waals surface area contributed by atoms with Crippen LogP contribution < -0.4 is 0 Å². The summed E-state index contributed by atoms with van der Waals surface area (Å²) >= 11 is -0.762. The summed E-state index contributed by atoms with van der Waals surface area (Å²) in [6, 6.07) is 8.97. The van der Waals surface area contributed by atoms with Crippen molar-refractivity contribution in [3.05, 3.63) is 113 Å². The van der Waals surface area contributed by atoms with E-state index in [1.165, 1.54) is 74.4 Å². The van der Waals surface area contributed by atoms with E-state index in [9.17, 15) is 0 Å². The molecule has 194 valence electrons. The molecule has 0 bridgehead atoms. The summed E-state index contributed by atoms with van der Waals surface area (Å²) in [6.45, 7) is 13.0. The van der Waals surface area contributed by atoms with Gasteiger partial charge in [0.1, 0.15) is 0 Å². The van der Waals surface area contributed by atoms with Gasteiger partial charge in [-0.2, -0.15) is 0 Å². The van der Waals surface area contributed by atoms with E-state index in [1.54, 1.807) is 0 Å². The topological polar surface area (TPSA) is 9.86 Å². The molecule has 0 saturated carbocycles. The molecule has 0 fully saturated rings. The molecule has 1 heterocycles. The normalized spacial score (nSPS) is 14.5. The maximum absolute atomic E-state index is 6.53. The Kier molecular flexibility index (Phi) is 13.0. The van der Waals surface area contributed by atoms with Gasteiger partial charge in [0, 0.05) is 0 Å². The van der Waals surface area contributed by atoms with Crippen LogP contribution >= 0.6 is 9.58 Å². The Hall–Kier alpha value is -1.93. The van der Waals surface area contributed by atoms with Crippen LogP contribution in [0.15, 0.2) is 61.0 Å². The standard InChI is InChI=1S/C21H24N2.C8H12.2CH3.ClH.Ir/c1-14-9-16(3)20(17(4)10-14)22-7-8-23(13-22)21-18(5)11-15(2)12-19(21)6;1-2-4-6-8-7-5-3-1;;;;/h7-12H,1-6H3;1-2,7-8H,3-6H2;2*1H3;1H;/q;;2*-1;;+1/p-1/b;2-1-,8-7-;;;;. The zero-order chi connectivity index (χ0) is 24.0. The zero-order valence-corrected chi connectivity index (χ0v) is 25.9. The maximum Gasteiger partial charge on any atom is -0.358 e. The van der Waals surface area contributed by atoms with Crippen LogP contribution in [-0.2, 0) is 16.2 Å². The summed E-state index contributed by atoms with van der Waals surface area (Å²) in [6.07, 6.45) is 18.3. The van der Waals surface area contributed by atoms with Gasteiger partial charge in [-0.15, -0.1) is 0 Å². The third kappa shape index (κ3) is 7.77. The average molecular weight is 670 g/mol. The third-order valence-corrected chi connectivity index (χ3v) is 8.36. The fourth-order valence-corrected chi connectivity index (χ4v) is 7.03. The van der Waals surface area contributed by atoms with Crippen molar-refractivity contribution in [1.82, 2.24) is 9.13 Å². The SMILES string of the molecule is C1=C\CC/C=C\CC/1.Cc1cc(C)c(-n2ccn(-c3c(C)cc(C)cc3C)[c]2=[Ir][Cl])c(C)c1.[CH3-].[CH3-]. The summed E-state index contributed by atoms with van der Waals surface area (Å²) in [5.74, 6) is 0. The van der Waals surface area contributed by atoms with E-state index in [2.05, 4.69) is 112 Å². The van der Waals surface area contributed by atoms with Gasteiger partial charge < -0.3 is 14.9 Å². The Morgan fingerprint density at radius 2 is 0.857 bits per heavy atom. The fourth-order valence-electron chi connectivity index (χ4n) is 4.71. The number of aromatic nitrogens is 2. The van der Waals surface area contributed by atoms with Crippen LogP contribution in [0.1, 0.15) is 59.1 Å². The van der Waals surface area contributed by atoms with Crippen molar-refractivity contribution in [3.8, 4) is 11.4 Å². The first-order chi connectivity index (χ1) is 15.8. The molecule has 3 aromatic rings. The van der Waals surface area contributed by atoms with Gasteiger partial charge in [-0.25, -0.2) is 0 Å². The molecule has 0 saturated heterocycles. The maximum atomic E-state index is 6.53. The number of halogens is 1. The first kappa shape index (κ1) is 31.1. The number of rotatable bonds is 2. The Labute approximate surface area is 225 Å². The van der Waals surface area contributed by atoms with E-state index in [4.69, 9.17) is 9.58 Å². The van der Waals surface area contributed by atoms with Crippen molar-refractivity contribution in [2.45, 2.75) is 67.2 Å². The Morgan fingerprint density at radius 3 is 1.11 bits per heavy atom. The van der Waals surface area contributed by atoms with E-state index in [-0.39, 0.29) is 14.9 Å². The predicted molar refractivity (Wildman–Crippen MR) is 152 cm³/mol. The molecule has 35 heavy (non-hydrogen) atoms. The van der Waals surface area contributed by atoms with Crippen LogP contribution in [0.3, 0.4) is 0 Å². The van der Waals surface area contributed by atoms with E-state index in [0.717, 1.165) is 0 Å². The molecule has 0 radical (unpaired) electrons. The Morgan fingerprint density at radius 1 is 0.571 bits per heavy atom. The number of nitrogens with zero attached hydrogens (tertiary/aromatic N) is 2. The summed E-state index contributed by atoms with van der Waals surface area (Å²) in [5.41, 5.74) is 10.3. The van der Waals surface area contributed by atoms with Gasteiger partial charge in [0.2, 0.25) is 0 Å². The van der Waals surface area contributed by atoms with Crippen molar-refractivity contribution in [2.75, 3.05) is 0 Å². The van der Waals surface area contributed by atoms with Gasteiger partial charge in [0.05, 0.1) is 0 Å². The summed E-state index contributed by atoms with van der Waals surface area (Å²) < 4.78 is 5.78. The van der Waals surface area contributed by atoms with Crippen molar-refractivity contribution < 1.29 is 16.2 Å². The fraction of sp³-hybridized carbons (Fsp3) is 0.323. The third-order valence-electron chi connectivity index (χ3n) is 5.88. The minimum absolute atomic E-state index is 0. The first-order valence-corrected chi connectivity index (χ1v) is 15.8. The molecule has 0 unspecified atom stereocenters. The second-order valence-electron chi connectivity index (χ2n) is 8.94. The van der Waals surface area contributed by atoms with Gasteiger partial charge in [-0.1, -0.05) is 24.3 Å². The number of allylic oxidation sites excluding steroid dienone is 4. The molecular formula is C31H42ClIrN2-2. The largest absolute Gasteiger partial charge is 0.358 e. The monoisotopic (exact) mass is 670 g/mol. The van der Waals surface area contributed by atoms with Crippen LogP contribution in [0.4, 0.5) is 0 Å². The number of imidazole rings is 1. The molecule has 2 aromatic carbocycles. The second kappa shape index (κ2) is 14.6. The number of hydrogen-bond acceptors (Lipinski definition) is 0. The summed E-state index contributed by atoms with van der Waals surface area (Å²) in [7, 11) is 6.53. The van der Waals surface area contributed by atoms with E-state index < -0.39 is 16.2 Å². The molecule has 4 rings (SSSR count). The van der Waals surface area contributed by atoms with Crippen LogP contribution in [-0.4, -0.2) is 9.13 Å². The van der Waals surface area contributed by atoms with Crippen LogP contribution in [0.25, 0.3) is 11.4 Å². The number of hydrogen-bond donors (Lipinski definition) is 0. The van der Waals surface area contributed by atoms with Crippen LogP contribution in [0.5, 0.6) is 0 Å². The molecule has 0 spiro atoms. The predicted octanol–water partition coefficient (Wildman–Crippen LogP) is 9.46. The Bertz CT molecular complexity index is 1090. The van der Waals surface area contributed by atoms with Crippen molar-refractivity contribution in [1.29, 1.82) is 0 Å². The van der Waals surface area contributed by atoms with Gasteiger partial charge >= 0.3 is 162 Å². The van der Waals surface area contributed by atoms with Crippen LogP contribution in [0.2, 0.25) is 0 Å². The molecule has 2 nitrogen and oxygen atoms in total. The van der Waals surface area contributed by atoms with E-state index >= 15 is 0 Å². The second-order valence-corrected chi connectivity index (χ2v) is 11.5. The van der Waals surface area contributed by atoms with E-state index in [1.807, 2.05) is 0 Å². The van der Waals surface area contributed by atoms with Crippen molar-refractivity contribution >= 4 is 9.58 Å². The molecule has 1 aliphatic carbocycles. The summed E-state index contributed by atoms with van der Waals surface area (Å²) in [5, 5.41) is 0. The molecule has 0 aliphatic heterocycles. The zero-order valence-electron chi connectivity index (χ0n) is 22.7. The van der Waals surface area contributed by atoms with Crippen molar-refractivity contribution in [3.63, 3.8) is 0 Å². The average Bonchev–Trinajstić information content (AvgIpc) is 3.09. The van der Waals surface area contributed by atoms with Crippen LogP contribution in [0, 0.1) is 60.3 Å². The minimum Gasteiger partial charge on any atom is -0.358 e. The molecule has 1 aromatic heterocycles. The summed E-state index contributed by atoms with van der Waals surface area (Å²) in [4.78, 5) is 0. The van der Waals surface area contributed by atoms with Gasteiger partial charge in [-0.3, -0.25) is 0 Å². The number of benzene rings is 2. The van der Waals surface area contributed by atoms with Gasteiger partial charge in [0.25, 0.3) is 0 Å². The van der Waals surface area contributed by atoms with Crippen molar-refractivity contribution in [2.24, 2.45) is 0 Å².